The van der Waals surface area contributed by atoms with E-state index < -0.39 is 0 Å². The molecule has 1 aliphatic rings. The fourth-order valence-electron chi connectivity index (χ4n) is 2.60. The lowest BCUT2D eigenvalue weighted by Gasteiger charge is -2.15. The summed E-state index contributed by atoms with van der Waals surface area (Å²) in [5.41, 5.74) is 1.41. The zero-order chi connectivity index (χ0) is 20.4. The fourth-order valence-corrected chi connectivity index (χ4v) is 5.04. The summed E-state index contributed by atoms with van der Waals surface area (Å²) in [6.07, 6.45) is 1.79. The molecule has 0 radical (unpaired) electrons. The van der Waals surface area contributed by atoms with Gasteiger partial charge in [-0.2, -0.15) is 0 Å². The molecule has 0 atom stereocenters. The number of hydrogen-bond acceptors (Lipinski definition) is 5. The molecule has 0 saturated carbocycles. The first-order valence-electron chi connectivity index (χ1n) is 8.09. The van der Waals surface area contributed by atoms with Crippen LogP contribution in [0.4, 0.5) is 5.69 Å². The molecular formula is C19H14Cl2INO3S2. The molecule has 0 aliphatic carbocycles. The van der Waals surface area contributed by atoms with E-state index in [0.717, 1.165) is 9.13 Å². The third kappa shape index (κ3) is 4.43. The van der Waals surface area contributed by atoms with Crippen LogP contribution in [0.2, 0.25) is 10.0 Å². The van der Waals surface area contributed by atoms with Crippen molar-refractivity contribution in [3.63, 3.8) is 0 Å². The monoisotopic (exact) mass is 565 g/mol. The number of thiocarbonyl (C=S) groups is 1. The highest BCUT2D eigenvalue weighted by molar-refractivity contribution is 14.1. The number of halogens is 3. The van der Waals surface area contributed by atoms with Gasteiger partial charge in [0.15, 0.2) is 15.8 Å². The molecule has 146 valence electrons. The maximum atomic E-state index is 13.0. The number of hydrogen-bond donors (Lipinski definition) is 0. The second-order valence-electron chi connectivity index (χ2n) is 5.58. The number of anilines is 1. The lowest BCUT2D eigenvalue weighted by atomic mass is 10.1. The highest BCUT2D eigenvalue weighted by atomic mass is 127. The molecule has 1 aliphatic heterocycles. The van der Waals surface area contributed by atoms with Crippen LogP contribution in [0.5, 0.6) is 11.5 Å². The summed E-state index contributed by atoms with van der Waals surface area (Å²) < 4.78 is 12.4. The zero-order valence-corrected chi connectivity index (χ0v) is 20.1. The first kappa shape index (κ1) is 21.7. The van der Waals surface area contributed by atoms with Gasteiger partial charge in [-0.1, -0.05) is 47.2 Å². The Balaban J connectivity index is 1.96. The summed E-state index contributed by atoms with van der Waals surface area (Å²) >= 11 is 20.9. The predicted octanol–water partition coefficient (Wildman–Crippen LogP) is 6.41. The van der Waals surface area contributed by atoms with Gasteiger partial charge in [0.1, 0.15) is 0 Å². The summed E-state index contributed by atoms with van der Waals surface area (Å²) in [5, 5.41) is 0.783. The van der Waals surface area contributed by atoms with E-state index in [4.69, 9.17) is 44.9 Å². The van der Waals surface area contributed by atoms with Gasteiger partial charge in [0, 0.05) is 0 Å². The van der Waals surface area contributed by atoms with Gasteiger partial charge in [0.25, 0.3) is 5.91 Å². The molecule has 9 heteroatoms. The van der Waals surface area contributed by atoms with Crippen LogP contribution in [0.15, 0.2) is 35.2 Å². The average molecular weight is 566 g/mol. The first-order valence-corrected chi connectivity index (χ1v) is 11.1. The Morgan fingerprint density at radius 1 is 1.25 bits per heavy atom. The summed E-state index contributed by atoms with van der Waals surface area (Å²) in [6, 6.07) is 8.75. The Hall–Kier alpha value is -1.00. The minimum atomic E-state index is -0.211. The van der Waals surface area contributed by atoms with Crippen molar-refractivity contribution in [1.29, 1.82) is 0 Å². The van der Waals surface area contributed by atoms with Crippen LogP contribution in [-0.2, 0) is 4.79 Å². The Labute approximate surface area is 196 Å². The molecule has 3 rings (SSSR count). The van der Waals surface area contributed by atoms with Gasteiger partial charge in [-0.25, -0.2) is 0 Å². The molecule has 0 unspecified atom stereocenters. The zero-order valence-electron chi connectivity index (χ0n) is 14.8. The fraction of sp³-hybridized carbons (Fsp3) is 0.158. The first-order chi connectivity index (χ1) is 13.3. The van der Waals surface area contributed by atoms with E-state index in [-0.39, 0.29) is 5.91 Å². The van der Waals surface area contributed by atoms with E-state index in [0.29, 0.717) is 43.1 Å². The van der Waals surface area contributed by atoms with Crippen LogP contribution in [0, 0.1) is 3.57 Å². The number of carbonyl (C=O) groups is 1. The molecule has 2 aromatic rings. The van der Waals surface area contributed by atoms with E-state index in [1.54, 1.807) is 31.4 Å². The number of rotatable bonds is 5. The quantitative estimate of drug-likeness (QED) is 0.238. The maximum absolute atomic E-state index is 13.0. The molecular weight excluding hydrogens is 552 g/mol. The van der Waals surface area contributed by atoms with E-state index in [1.807, 2.05) is 19.1 Å². The normalized spacial score (nSPS) is 15.5. The molecule has 1 fully saturated rings. The second kappa shape index (κ2) is 9.21. The lowest BCUT2D eigenvalue weighted by molar-refractivity contribution is -0.113. The average Bonchev–Trinajstić information content (AvgIpc) is 2.91. The van der Waals surface area contributed by atoms with Gasteiger partial charge in [0.2, 0.25) is 0 Å². The Morgan fingerprint density at radius 3 is 2.64 bits per heavy atom. The van der Waals surface area contributed by atoms with Crippen LogP contribution < -0.4 is 14.4 Å². The van der Waals surface area contributed by atoms with Crippen molar-refractivity contribution in [3.05, 3.63) is 54.4 Å². The van der Waals surface area contributed by atoms with Gasteiger partial charge in [-0.15, -0.1) is 0 Å². The van der Waals surface area contributed by atoms with Crippen molar-refractivity contribution in [2.75, 3.05) is 18.6 Å². The van der Waals surface area contributed by atoms with Crippen LogP contribution in [0.25, 0.3) is 6.08 Å². The molecule has 0 bridgehead atoms. The molecule has 4 nitrogen and oxygen atoms in total. The summed E-state index contributed by atoms with van der Waals surface area (Å²) in [4.78, 5) is 14.9. The van der Waals surface area contributed by atoms with Crippen LogP contribution in [0.1, 0.15) is 12.5 Å². The maximum Gasteiger partial charge on any atom is 0.270 e. The van der Waals surface area contributed by atoms with E-state index in [9.17, 15) is 4.79 Å². The SMILES string of the molecule is CCOc1cc(/C=C2\SC(=S)N(c3ccc(Cl)c(Cl)c3)C2=O)cc(I)c1OC. The van der Waals surface area contributed by atoms with Crippen molar-refractivity contribution in [3.8, 4) is 11.5 Å². The van der Waals surface area contributed by atoms with Gasteiger partial charge in [-0.05, 0) is 71.5 Å². The van der Waals surface area contributed by atoms with Crippen LogP contribution >= 0.6 is 69.8 Å². The highest BCUT2D eigenvalue weighted by Gasteiger charge is 2.33. The summed E-state index contributed by atoms with van der Waals surface area (Å²) in [6.45, 7) is 2.41. The summed E-state index contributed by atoms with van der Waals surface area (Å²) in [7, 11) is 1.60. The van der Waals surface area contributed by atoms with Crippen LogP contribution in [-0.4, -0.2) is 23.9 Å². The standard InChI is InChI=1S/C19H14Cl2INO3S2/c1-3-26-15-7-10(6-14(22)17(15)25-2)8-16-18(24)23(19(27)28-16)11-4-5-12(20)13(21)9-11/h4-9H,3H2,1-2H3/b16-8-. The van der Waals surface area contributed by atoms with Crippen LogP contribution in [0.3, 0.4) is 0 Å². The third-order valence-corrected chi connectivity index (χ3v) is 6.63. The van der Waals surface area contributed by atoms with Crippen molar-refractivity contribution < 1.29 is 14.3 Å². The van der Waals surface area contributed by atoms with Crippen molar-refractivity contribution in [1.82, 2.24) is 0 Å². The van der Waals surface area contributed by atoms with Crippen molar-refractivity contribution in [2.45, 2.75) is 6.92 Å². The highest BCUT2D eigenvalue weighted by Crippen LogP contribution is 2.39. The Bertz CT molecular complexity index is 997. The Kier molecular flexibility index (Phi) is 7.14. The number of benzene rings is 2. The second-order valence-corrected chi connectivity index (χ2v) is 9.24. The van der Waals surface area contributed by atoms with Gasteiger partial charge in [-0.3, -0.25) is 9.69 Å². The molecule has 1 saturated heterocycles. The van der Waals surface area contributed by atoms with Crippen molar-refractivity contribution in [2.24, 2.45) is 0 Å². The minimum absolute atomic E-state index is 0.211. The number of nitrogens with zero attached hydrogens (tertiary/aromatic N) is 1. The molecule has 0 spiro atoms. The van der Waals surface area contributed by atoms with Gasteiger partial charge < -0.3 is 9.47 Å². The van der Waals surface area contributed by atoms with Gasteiger partial charge >= 0.3 is 0 Å². The Morgan fingerprint density at radius 2 is 2.00 bits per heavy atom. The molecule has 0 aromatic heterocycles. The largest absolute Gasteiger partial charge is 0.492 e. The van der Waals surface area contributed by atoms with E-state index in [2.05, 4.69) is 22.6 Å². The molecule has 0 N–H and O–H groups in total. The van der Waals surface area contributed by atoms with Gasteiger partial charge in [0.05, 0.1) is 37.9 Å². The molecule has 2 aromatic carbocycles. The number of amides is 1. The smallest absolute Gasteiger partial charge is 0.270 e. The molecule has 1 heterocycles. The molecule has 28 heavy (non-hydrogen) atoms. The summed E-state index contributed by atoms with van der Waals surface area (Å²) in [5.74, 6) is 1.09. The molecule has 1 amide bonds. The number of methoxy groups -OCH3 is 1. The predicted molar refractivity (Wildman–Crippen MR) is 129 cm³/mol. The van der Waals surface area contributed by atoms with E-state index >= 15 is 0 Å². The third-order valence-electron chi connectivity index (χ3n) is 3.79. The topological polar surface area (TPSA) is 38.8 Å². The lowest BCUT2D eigenvalue weighted by Crippen LogP contribution is -2.27. The van der Waals surface area contributed by atoms with Crippen molar-refractivity contribution >= 4 is 91.8 Å². The number of carbonyl (C=O) groups excluding carboxylic acids is 1. The number of ether oxygens (including phenoxy) is 2. The minimum Gasteiger partial charge on any atom is -0.492 e. The number of thioether (sulfide) groups is 1. The van der Waals surface area contributed by atoms with E-state index in [1.165, 1.54) is 16.7 Å².